The Morgan fingerprint density at radius 2 is 2.00 bits per heavy atom. The Morgan fingerprint density at radius 3 is 2.68 bits per heavy atom. The predicted octanol–water partition coefficient (Wildman–Crippen LogP) is 2.07. The van der Waals surface area contributed by atoms with E-state index in [2.05, 4.69) is 36.1 Å². The van der Waals surface area contributed by atoms with E-state index in [1.54, 1.807) is 0 Å². The first kappa shape index (κ1) is 15.5. The summed E-state index contributed by atoms with van der Waals surface area (Å²) in [4.78, 5) is 16.8. The van der Waals surface area contributed by atoms with Crippen LogP contribution in [0.1, 0.15) is 24.0 Å². The maximum absolute atomic E-state index is 12.3. The van der Waals surface area contributed by atoms with Gasteiger partial charge < -0.3 is 9.64 Å². The lowest BCUT2D eigenvalue weighted by molar-refractivity contribution is -0.134. The van der Waals surface area contributed by atoms with E-state index in [0.29, 0.717) is 18.2 Å². The third-order valence-electron chi connectivity index (χ3n) is 4.87. The smallest absolute Gasteiger partial charge is 0.223 e. The summed E-state index contributed by atoms with van der Waals surface area (Å²) in [5.74, 6) is 0.753. The van der Waals surface area contributed by atoms with Crippen LogP contribution >= 0.6 is 0 Å². The minimum Gasteiger partial charge on any atom is -0.381 e. The fourth-order valence-corrected chi connectivity index (χ4v) is 3.30. The van der Waals surface area contributed by atoms with E-state index in [-0.39, 0.29) is 0 Å². The number of carbonyl (C=O) groups is 1. The molecule has 2 fully saturated rings. The number of ether oxygens (including phenoxy) is 1. The van der Waals surface area contributed by atoms with Crippen LogP contribution in [0.4, 0.5) is 0 Å². The molecule has 1 atom stereocenters. The van der Waals surface area contributed by atoms with Crippen LogP contribution < -0.4 is 0 Å². The standard InChI is InChI=1S/C18H26N2O2/c1-15-4-2-3-5-17(15)13-19-7-9-20(10-8-19)18(21)12-16-6-11-22-14-16/h2-5,16H,6-14H2,1H3. The van der Waals surface area contributed by atoms with Gasteiger partial charge >= 0.3 is 0 Å². The molecule has 3 rings (SSSR count). The number of hydrogen-bond donors (Lipinski definition) is 0. The molecule has 0 radical (unpaired) electrons. The minimum atomic E-state index is 0.311. The summed E-state index contributed by atoms with van der Waals surface area (Å²) in [6.45, 7) is 8.41. The number of nitrogens with zero attached hydrogens (tertiary/aromatic N) is 2. The Balaban J connectivity index is 1.45. The summed E-state index contributed by atoms with van der Waals surface area (Å²) < 4.78 is 5.36. The Bertz CT molecular complexity index is 504. The average molecular weight is 302 g/mol. The van der Waals surface area contributed by atoms with E-state index in [0.717, 1.165) is 52.4 Å². The lowest BCUT2D eigenvalue weighted by Crippen LogP contribution is -2.48. The maximum atomic E-state index is 12.3. The normalized spacial score (nSPS) is 23.0. The van der Waals surface area contributed by atoms with Crippen LogP contribution in [0.25, 0.3) is 0 Å². The monoisotopic (exact) mass is 302 g/mol. The van der Waals surface area contributed by atoms with Gasteiger partial charge in [0.25, 0.3) is 0 Å². The highest BCUT2D eigenvalue weighted by Gasteiger charge is 2.25. The zero-order valence-corrected chi connectivity index (χ0v) is 13.5. The molecule has 0 N–H and O–H groups in total. The number of amides is 1. The number of rotatable bonds is 4. The van der Waals surface area contributed by atoms with Gasteiger partial charge in [-0.05, 0) is 30.4 Å². The first-order valence-electron chi connectivity index (χ1n) is 8.35. The molecule has 4 nitrogen and oxygen atoms in total. The second kappa shape index (κ2) is 7.25. The van der Waals surface area contributed by atoms with Gasteiger partial charge in [0.05, 0.1) is 0 Å². The second-order valence-electron chi connectivity index (χ2n) is 6.52. The molecule has 1 aromatic rings. The summed E-state index contributed by atoms with van der Waals surface area (Å²) in [6, 6.07) is 8.56. The second-order valence-corrected chi connectivity index (χ2v) is 6.52. The van der Waals surface area contributed by atoms with Crippen molar-refractivity contribution in [2.45, 2.75) is 26.3 Å². The highest BCUT2D eigenvalue weighted by atomic mass is 16.5. The van der Waals surface area contributed by atoms with Crippen molar-refractivity contribution in [3.05, 3.63) is 35.4 Å². The molecule has 2 aliphatic rings. The van der Waals surface area contributed by atoms with Gasteiger partial charge in [-0.3, -0.25) is 9.69 Å². The zero-order valence-electron chi connectivity index (χ0n) is 13.5. The summed E-state index contributed by atoms with van der Waals surface area (Å²) in [5, 5.41) is 0. The molecule has 0 aliphatic carbocycles. The van der Waals surface area contributed by atoms with E-state index < -0.39 is 0 Å². The number of benzene rings is 1. The van der Waals surface area contributed by atoms with Crippen LogP contribution in [0, 0.1) is 12.8 Å². The lowest BCUT2D eigenvalue weighted by atomic mass is 10.0. The van der Waals surface area contributed by atoms with Crippen LogP contribution in [0.5, 0.6) is 0 Å². The minimum absolute atomic E-state index is 0.311. The molecule has 0 bridgehead atoms. The molecule has 1 unspecified atom stereocenters. The van der Waals surface area contributed by atoms with E-state index in [4.69, 9.17) is 4.74 Å². The highest BCUT2D eigenvalue weighted by Crippen LogP contribution is 2.18. The molecular formula is C18H26N2O2. The predicted molar refractivity (Wildman–Crippen MR) is 86.6 cm³/mol. The van der Waals surface area contributed by atoms with Crippen molar-refractivity contribution in [3.8, 4) is 0 Å². The van der Waals surface area contributed by atoms with Crippen molar-refractivity contribution >= 4 is 5.91 Å². The Labute approximate surface area is 133 Å². The zero-order chi connectivity index (χ0) is 15.4. The van der Waals surface area contributed by atoms with Crippen molar-refractivity contribution in [1.29, 1.82) is 0 Å². The molecule has 2 heterocycles. The summed E-state index contributed by atoms with van der Waals surface area (Å²) in [5.41, 5.74) is 2.74. The molecule has 120 valence electrons. The van der Waals surface area contributed by atoms with Gasteiger partial charge in [0.1, 0.15) is 0 Å². The molecule has 4 heteroatoms. The largest absolute Gasteiger partial charge is 0.381 e. The first-order chi connectivity index (χ1) is 10.7. The highest BCUT2D eigenvalue weighted by molar-refractivity contribution is 5.76. The van der Waals surface area contributed by atoms with Crippen molar-refractivity contribution in [2.75, 3.05) is 39.4 Å². The molecule has 2 saturated heterocycles. The number of piperazine rings is 1. The summed E-state index contributed by atoms with van der Waals surface area (Å²) in [6.07, 6.45) is 1.71. The maximum Gasteiger partial charge on any atom is 0.223 e. The molecule has 0 spiro atoms. The van der Waals surface area contributed by atoms with Crippen LogP contribution in [-0.2, 0) is 16.1 Å². The number of hydrogen-bond acceptors (Lipinski definition) is 3. The molecule has 0 aromatic heterocycles. The Morgan fingerprint density at radius 1 is 1.23 bits per heavy atom. The molecule has 22 heavy (non-hydrogen) atoms. The van der Waals surface area contributed by atoms with Crippen LogP contribution in [0.15, 0.2) is 24.3 Å². The van der Waals surface area contributed by atoms with Gasteiger partial charge in [-0.2, -0.15) is 0 Å². The van der Waals surface area contributed by atoms with Crippen molar-refractivity contribution in [2.24, 2.45) is 5.92 Å². The Kier molecular flexibility index (Phi) is 5.11. The third kappa shape index (κ3) is 3.87. The van der Waals surface area contributed by atoms with Gasteiger partial charge in [-0.25, -0.2) is 0 Å². The van der Waals surface area contributed by atoms with E-state index in [9.17, 15) is 4.79 Å². The van der Waals surface area contributed by atoms with Crippen molar-refractivity contribution < 1.29 is 9.53 Å². The van der Waals surface area contributed by atoms with Gasteiger partial charge in [-0.15, -0.1) is 0 Å². The van der Waals surface area contributed by atoms with E-state index >= 15 is 0 Å². The lowest BCUT2D eigenvalue weighted by Gasteiger charge is -2.35. The van der Waals surface area contributed by atoms with Crippen LogP contribution in [0.3, 0.4) is 0 Å². The van der Waals surface area contributed by atoms with Gasteiger partial charge in [0.2, 0.25) is 5.91 Å². The molecule has 0 saturated carbocycles. The molecule has 1 amide bonds. The van der Waals surface area contributed by atoms with Crippen LogP contribution in [-0.4, -0.2) is 55.1 Å². The summed E-state index contributed by atoms with van der Waals surface area (Å²) >= 11 is 0. The van der Waals surface area contributed by atoms with Gasteiger partial charge in [0, 0.05) is 52.4 Å². The summed E-state index contributed by atoms with van der Waals surface area (Å²) in [7, 11) is 0. The quantitative estimate of drug-likeness (QED) is 0.853. The molecule has 1 aromatic carbocycles. The number of aryl methyl sites for hydroxylation is 1. The van der Waals surface area contributed by atoms with Crippen LogP contribution in [0.2, 0.25) is 0 Å². The van der Waals surface area contributed by atoms with Gasteiger partial charge in [0.15, 0.2) is 0 Å². The van der Waals surface area contributed by atoms with E-state index in [1.165, 1.54) is 11.1 Å². The molecule has 2 aliphatic heterocycles. The average Bonchev–Trinajstić information content (AvgIpc) is 3.03. The van der Waals surface area contributed by atoms with E-state index in [1.807, 2.05) is 4.90 Å². The third-order valence-corrected chi connectivity index (χ3v) is 4.87. The van der Waals surface area contributed by atoms with Crippen molar-refractivity contribution in [1.82, 2.24) is 9.80 Å². The molecular weight excluding hydrogens is 276 g/mol. The van der Waals surface area contributed by atoms with Crippen molar-refractivity contribution in [3.63, 3.8) is 0 Å². The fraction of sp³-hybridized carbons (Fsp3) is 0.611. The SMILES string of the molecule is Cc1ccccc1CN1CCN(C(=O)CC2CCOC2)CC1. The Hall–Kier alpha value is -1.39. The fourth-order valence-electron chi connectivity index (χ4n) is 3.30. The first-order valence-corrected chi connectivity index (χ1v) is 8.35. The van der Waals surface area contributed by atoms with Gasteiger partial charge in [-0.1, -0.05) is 24.3 Å². The number of carbonyl (C=O) groups excluding carboxylic acids is 1. The topological polar surface area (TPSA) is 32.8 Å².